The van der Waals surface area contributed by atoms with Crippen LogP contribution in [0.25, 0.3) is 0 Å². The Hall–Kier alpha value is -1.56. The molecule has 1 rings (SSSR count). The summed E-state index contributed by atoms with van der Waals surface area (Å²) in [6.07, 6.45) is 1.82. The molecule has 1 atom stereocenters. The summed E-state index contributed by atoms with van der Waals surface area (Å²) in [6, 6.07) is 3.84. The number of carboxylic acid groups (broad SMARTS) is 1. The van der Waals surface area contributed by atoms with E-state index in [0.29, 0.717) is 13.1 Å². The van der Waals surface area contributed by atoms with Gasteiger partial charge in [-0.15, -0.1) is 11.3 Å². The Labute approximate surface area is 123 Å². The SMILES string of the molecule is CCc1ccc(CNC(=O)NCC(CC)CC(=O)O)s1. The molecule has 0 aromatic carbocycles. The van der Waals surface area contributed by atoms with Crippen molar-refractivity contribution in [2.24, 2.45) is 5.92 Å². The van der Waals surface area contributed by atoms with Crippen LogP contribution in [-0.4, -0.2) is 23.7 Å². The molecule has 0 spiro atoms. The molecule has 1 aromatic heterocycles. The van der Waals surface area contributed by atoms with Gasteiger partial charge in [-0.2, -0.15) is 0 Å². The van der Waals surface area contributed by atoms with Crippen LogP contribution in [0, 0.1) is 5.92 Å². The summed E-state index contributed by atoms with van der Waals surface area (Å²) < 4.78 is 0. The molecule has 112 valence electrons. The lowest BCUT2D eigenvalue weighted by molar-refractivity contribution is -0.138. The highest BCUT2D eigenvalue weighted by molar-refractivity contribution is 7.11. The van der Waals surface area contributed by atoms with Gasteiger partial charge in [0.25, 0.3) is 0 Å². The van der Waals surface area contributed by atoms with Gasteiger partial charge in [0.2, 0.25) is 0 Å². The van der Waals surface area contributed by atoms with E-state index in [1.54, 1.807) is 11.3 Å². The Morgan fingerprint density at radius 2 is 1.95 bits per heavy atom. The molecule has 20 heavy (non-hydrogen) atoms. The molecule has 3 N–H and O–H groups in total. The van der Waals surface area contributed by atoms with E-state index in [4.69, 9.17) is 5.11 Å². The number of nitrogens with one attached hydrogen (secondary N) is 2. The van der Waals surface area contributed by atoms with E-state index in [-0.39, 0.29) is 18.4 Å². The number of hydrogen-bond acceptors (Lipinski definition) is 3. The molecule has 0 fully saturated rings. The molecule has 0 aliphatic heterocycles. The quantitative estimate of drug-likeness (QED) is 0.690. The molecule has 0 bridgehead atoms. The molecular weight excluding hydrogens is 276 g/mol. The van der Waals surface area contributed by atoms with Gasteiger partial charge < -0.3 is 15.7 Å². The maximum absolute atomic E-state index is 11.6. The van der Waals surface area contributed by atoms with Crippen molar-refractivity contribution in [1.82, 2.24) is 10.6 Å². The van der Waals surface area contributed by atoms with Crippen LogP contribution in [0.4, 0.5) is 4.79 Å². The minimum absolute atomic E-state index is 0.0216. The molecule has 0 saturated carbocycles. The lowest BCUT2D eigenvalue weighted by atomic mass is 10.0. The van der Waals surface area contributed by atoms with Gasteiger partial charge in [-0.3, -0.25) is 4.79 Å². The number of urea groups is 1. The lowest BCUT2D eigenvalue weighted by Crippen LogP contribution is -2.38. The number of carbonyl (C=O) groups is 2. The van der Waals surface area contributed by atoms with E-state index in [1.165, 1.54) is 4.88 Å². The highest BCUT2D eigenvalue weighted by Gasteiger charge is 2.12. The van der Waals surface area contributed by atoms with E-state index >= 15 is 0 Å². The van der Waals surface area contributed by atoms with Crippen molar-refractivity contribution in [2.45, 2.75) is 39.7 Å². The third kappa shape index (κ3) is 6.06. The molecule has 0 aliphatic rings. The van der Waals surface area contributed by atoms with Crippen molar-refractivity contribution in [3.05, 3.63) is 21.9 Å². The Bertz CT molecular complexity index is 445. The number of rotatable bonds is 8. The second-order valence-electron chi connectivity index (χ2n) is 4.66. The fourth-order valence-electron chi connectivity index (χ4n) is 1.78. The van der Waals surface area contributed by atoms with Crippen LogP contribution < -0.4 is 10.6 Å². The van der Waals surface area contributed by atoms with Crippen LogP contribution in [0.3, 0.4) is 0 Å². The molecule has 1 unspecified atom stereocenters. The summed E-state index contributed by atoms with van der Waals surface area (Å²) in [5, 5.41) is 14.2. The largest absolute Gasteiger partial charge is 0.481 e. The van der Waals surface area contributed by atoms with E-state index in [0.717, 1.165) is 17.7 Å². The number of amides is 2. The van der Waals surface area contributed by atoms with Gasteiger partial charge in [0.1, 0.15) is 0 Å². The van der Waals surface area contributed by atoms with Crippen LogP contribution >= 0.6 is 11.3 Å². The molecule has 1 aromatic rings. The minimum Gasteiger partial charge on any atom is -0.481 e. The topological polar surface area (TPSA) is 78.4 Å². The van der Waals surface area contributed by atoms with Gasteiger partial charge in [-0.25, -0.2) is 4.79 Å². The molecule has 6 heteroatoms. The van der Waals surface area contributed by atoms with Crippen molar-refractivity contribution >= 4 is 23.3 Å². The average Bonchev–Trinajstić information content (AvgIpc) is 2.88. The summed E-state index contributed by atoms with van der Waals surface area (Å²) in [4.78, 5) is 24.7. The molecule has 0 aliphatic carbocycles. The monoisotopic (exact) mass is 298 g/mol. The van der Waals surface area contributed by atoms with Gasteiger partial charge in [-0.1, -0.05) is 20.3 Å². The highest BCUT2D eigenvalue weighted by Crippen LogP contribution is 2.16. The van der Waals surface area contributed by atoms with Crippen LogP contribution in [0.2, 0.25) is 0 Å². The zero-order valence-electron chi connectivity index (χ0n) is 11.9. The minimum atomic E-state index is -0.829. The maximum atomic E-state index is 11.6. The second-order valence-corrected chi connectivity index (χ2v) is 5.91. The van der Waals surface area contributed by atoms with E-state index < -0.39 is 5.97 Å². The highest BCUT2D eigenvalue weighted by atomic mass is 32.1. The summed E-state index contributed by atoms with van der Waals surface area (Å²) in [7, 11) is 0. The predicted octanol–water partition coefficient (Wildman–Crippen LogP) is 2.61. The van der Waals surface area contributed by atoms with Crippen LogP contribution in [0.5, 0.6) is 0 Å². The number of thiophene rings is 1. The summed E-state index contributed by atoms with van der Waals surface area (Å²) >= 11 is 1.69. The maximum Gasteiger partial charge on any atom is 0.315 e. The third-order valence-electron chi connectivity index (χ3n) is 3.08. The Kier molecular flexibility index (Phi) is 7.08. The third-order valence-corrected chi connectivity index (χ3v) is 4.31. The van der Waals surface area contributed by atoms with Gasteiger partial charge in [0, 0.05) is 22.7 Å². The summed E-state index contributed by atoms with van der Waals surface area (Å²) in [5.74, 6) is -0.851. The standard InChI is InChI=1S/C14H22N2O3S/c1-3-10(7-13(17)18)8-15-14(19)16-9-12-6-5-11(4-2)20-12/h5-6,10H,3-4,7-9H2,1-2H3,(H,17,18)(H2,15,16,19). The Balaban J connectivity index is 2.27. The number of aliphatic carboxylic acids is 1. The first-order chi connectivity index (χ1) is 9.55. The van der Waals surface area contributed by atoms with Gasteiger partial charge in [0.15, 0.2) is 0 Å². The van der Waals surface area contributed by atoms with Crippen molar-refractivity contribution in [1.29, 1.82) is 0 Å². The fourth-order valence-corrected chi connectivity index (χ4v) is 2.68. The Morgan fingerprint density at radius 1 is 1.25 bits per heavy atom. The second kappa shape index (κ2) is 8.58. The number of aryl methyl sites for hydroxylation is 1. The normalized spacial score (nSPS) is 11.9. The molecule has 0 saturated heterocycles. The van der Waals surface area contributed by atoms with Crippen molar-refractivity contribution < 1.29 is 14.7 Å². The average molecular weight is 298 g/mol. The zero-order valence-corrected chi connectivity index (χ0v) is 12.8. The smallest absolute Gasteiger partial charge is 0.315 e. The zero-order chi connectivity index (χ0) is 15.0. The lowest BCUT2D eigenvalue weighted by Gasteiger charge is -2.13. The number of hydrogen-bond donors (Lipinski definition) is 3. The van der Waals surface area contributed by atoms with Crippen LogP contribution in [0.1, 0.15) is 36.4 Å². The summed E-state index contributed by atoms with van der Waals surface area (Å²) in [5.41, 5.74) is 0. The fraction of sp³-hybridized carbons (Fsp3) is 0.571. The Morgan fingerprint density at radius 3 is 2.50 bits per heavy atom. The van der Waals surface area contributed by atoms with E-state index in [1.807, 2.05) is 13.0 Å². The van der Waals surface area contributed by atoms with Gasteiger partial charge in [-0.05, 0) is 24.5 Å². The van der Waals surface area contributed by atoms with Gasteiger partial charge >= 0.3 is 12.0 Å². The first-order valence-corrected chi connectivity index (χ1v) is 7.67. The predicted molar refractivity (Wildman–Crippen MR) is 80.0 cm³/mol. The van der Waals surface area contributed by atoms with Crippen LogP contribution in [0.15, 0.2) is 12.1 Å². The number of carboxylic acids is 1. The van der Waals surface area contributed by atoms with Crippen molar-refractivity contribution in [3.8, 4) is 0 Å². The molecular formula is C14H22N2O3S. The first-order valence-electron chi connectivity index (χ1n) is 6.86. The summed E-state index contributed by atoms with van der Waals surface area (Å²) in [6.45, 7) is 4.92. The number of carbonyl (C=O) groups excluding carboxylic acids is 1. The van der Waals surface area contributed by atoms with Crippen LogP contribution in [-0.2, 0) is 17.8 Å². The van der Waals surface area contributed by atoms with Crippen molar-refractivity contribution in [3.63, 3.8) is 0 Å². The van der Waals surface area contributed by atoms with Crippen molar-refractivity contribution in [2.75, 3.05) is 6.54 Å². The molecule has 5 nitrogen and oxygen atoms in total. The first kappa shape index (κ1) is 16.5. The molecule has 1 heterocycles. The molecule has 0 radical (unpaired) electrons. The van der Waals surface area contributed by atoms with E-state index in [9.17, 15) is 9.59 Å². The van der Waals surface area contributed by atoms with Gasteiger partial charge in [0.05, 0.1) is 6.54 Å². The molecule has 2 amide bonds. The van der Waals surface area contributed by atoms with E-state index in [2.05, 4.69) is 23.6 Å².